The third kappa shape index (κ3) is 2.45. The second-order valence-corrected chi connectivity index (χ2v) is 4.13. The molecule has 0 aliphatic heterocycles. The molecule has 0 aliphatic rings. The molecule has 0 radical (unpaired) electrons. The summed E-state index contributed by atoms with van der Waals surface area (Å²) in [6, 6.07) is 13.0. The smallest absolute Gasteiger partial charge is 0.221 e. The van der Waals surface area contributed by atoms with Crippen molar-refractivity contribution in [2.45, 2.75) is 0 Å². The van der Waals surface area contributed by atoms with Crippen molar-refractivity contribution in [3.8, 4) is 0 Å². The number of nitrogens with zero attached hydrogens (tertiary/aromatic N) is 1. The van der Waals surface area contributed by atoms with Gasteiger partial charge in [-0.15, -0.1) is 0 Å². The van der Waals surface area contributed by atoms with E-state index < -0.39 is 0 Å². The van der Waals surface area contributed by atoms with Crippen LogP contribution >= 0.6 is 0 Å². The summed E-state index contributed by atoms with van der Waals surface area (Å²) in [7, 11) is 0. The normalized spacial score (nSPS) is 11.2. The fraction of sp³-hybridized carbons (Fsp3) is 0. The molecular formula is C16H11NO2. The van der Waals surface area contributed by atoms with E-state index in [2.05, 4.69) is 4.98 Å². The molecule has 92 valence electrons. The molecular weight excluding hydrogens is 238 g/mol. The number of hydrogen-bond donors (Lipinski definition) is 0. The van der Waals surface area contributed by atoms with Crippen molar-refractivity contribution in [1.82, 2.24) is 4.98 Å². The number of para-hydroxylation sites is 1. The van der Waals surface area contributed by atoms with Crippen molar-refractivity contribution in [3.63, 3.8) is 0 Å². The minimum atomic E-state index is -0.153. The molecule has 2 heterocycles. The summed E-state index contributed by atoms with van der Waals surface area (Å²) >= 11 is 0. The third-order valence-electron chi connectivity index (χ3n) is 2.78. The first-order chi connectivity index (χ1) is 9.33. The van der Waals surface area contributed by atoms with Crippen molar-refractivity contribution < 1.29 is 9.21 Å². The largest absolute Gasteiger partial charge is 0.453 e. The molecule has 0 N–H and O–H groups in total. The molecule has 19 heavy (non-hydrogen) atoms. The highest BCUT2D eigenvalue weighted by atomic mass is 16.3. The number of hydrogen-bond acceptors (Lipinski definition) is 3. The Morgan fingerprint density at radius 1 is 1.16 bits per heavy atom. The number of benzene rings is 1. The fourth-order valence-corrected chi connectivity index (χ4v) is 1.83. The van der Waals surface area contributed by atoms with Gasteiger partial charge >= 0.3 is 0 Å². The highest BCUT2D eigenvalue weighted by Gasteiger charge is 2.08. The van der Waals surface area contributed by atoms with Gasteiger partial charge in [-0.05, 0) is 35.9 Å². The van der Waals surface area contributed by atoms with E-state index in [0.717, 1.165) is 16.5 Å². The first-order valence-electron chi connectivity index (χ1n) is 5.94. The Balaban J connectivity index is 1.86. The first-order valence-corrected chi connectivity index (χ1v) is 5.94. The highest BCUT2D eigenvalue weighted by Crippen LogP contribution is 2.19. The maximum absolute atomic E-state index is 12.0. The highest BCUT2D eigenvalue weighted by molar-refractivity contribution is 6.06. The van der Waals surface area contributed by atoms with E-state index in [9.17, 15) is 4.79 Å². The quantitative estimate of drug-likeness (QED) is 0.524. The molecule has 0 aliphatic carbocycles. The van der Waals surface area contributed by atoms with Crippen LogP contribution in [0.4, 0.5) is 0 Å². The lowest BCUT2D eigenvalue weighted by molar-refractivity contribution is 0.102. The summed E-state index contributed by atoms with van der Waals surface area (Å²) in [5, 5.41) is 0.931. The Morgan fingerprint density at radius 3 is 2.84 bits per heavy atom. The SMILES string of the molecule is O=C(/C=C/c1cccnc1)c1cc2ccccc2o1. The number of pyridine rings is 1. The molecule has 0 fully saturated rings. The summed E-state index contributed by atoms with van der Waals surface area (Å²) in [5.41, 5.74) is 1.60. The number of aromatic nitrogens is 1. The average molecular weight is 249 g/mol. The molecule has 3 nitrogen and oxygen atoms in total. The van der Waals surface area contributed by atoms with Crippen molar-refractivity contribution in [2.75, 3.05) is 0 Å². The summed E-state index contributed by atoms with van der Waals surface area (Å²) in [5.74, 6) is 0.196. The zero-order valence-electron chi connectivity index (χ0n) is 10.1. The van der Waals surface area contributed by atoms with E-state index in [1.54, 1.807) is 24.5 Å². The minimum absolute atomic E-state index is 0.153. The Bertz CT molecular complexity index is 709. The predicted molar refractivity (Wildman–Crippen MR) is 73.8 cm³/mol. The van der Waals surface area contributed by atoms with Gasteiger partial charge in [0.25, 0.3) is 0 Å². The van der Waals surface area contributed by atoms with Crippen LogP contribution in [0, 0.1) is 0 Å². The summed E-state index contributed by atoms with van der Waals surface area (Å²) < 4.78 is 5.50. The lowest BCUT2D eigenvalue weighted by Gasteiger charge is -1.90. The Kier molecular flexibility index (Phi) is 2.94. The second kappa shape index (κ2) is 4.90. The van der Waals surface area contributed by atoms with Crippen LogP contribution in [0.25, 0.3) is 17.0 Å². The van der Waals surface area contributed by atoms with E-state index in [1.165, 1.54) is 6.08 Å². The number of allylic oxidation sites excluding steroid dienone is 1. The molecule has 0 spiro atoms. The van der Waals surface area contributed by atoms with Crippen LogP contribution in [0.5, 0.6) is 0 Å². The molecule has 0 saturated carbocycles. The van der Waals surface area contributed by atoms with E-state index in [0.29, 0.717) is 5.76 Å². The number of furan rings is 1. The van der Waals surface area contributed by atoms with Crippen molar-refractivity contribution in [3.05, 3.63) is 72.3 Å². The lowest BCUT2D eigenvalue weighted by atomic mass is 10.2. The van der Waals surface area contributed by atoms with Gasteiger partial charge in [0.1, 0.15) is 5.58 Å². The van der Waals surface area contributed by atoms with Crippen LogP contribution in [0.2, 0.25) is 0 Å². The molecule has 0 bridgehead atoms. The molecule has 0 saturated heterocycles. The Hall–Kier alpha value is -2.68. The van der Waals surface area contributed by atoms with Gasteiger partial charge < -0.3 is 4.42 Å². The minimum Gasteiger partial charge on any atom is -0.453 e. The van der Waals surface area contributed by atoms with Crippen LogP contribution in [0.15, 0.2) is 65.4 Å². The average Bonchev–Trinajstić information content (AvgIpc) is 2.90. The van der Waals surface area contributed by atoms with Gasteiger partial charge in [0, 0.05) is 17.8 Å². The van der Waals surface area contributed by atoms with Crippen molar-refractivity contribution in [2.24, 2.45) is 0 Å². The zero-order valence-corrected chi connectivity index (χ0v) is 10.1. The van der Waals surface area contributed by atoms with Gasteiger partial charge in [0.2, 0.25) is 5.78 Å². The van der Waals surface area contributed by atoms with Gasteiger partial charge in [-0.3, -0.25) is 9.78 Å². The van der Waals surface area contributed by atoms with Crippen molar-refractivity contribution in [1.29, 1.82) is 0 Å². The molecule has 2 aromatic heterocycles. The predicted octanol–water partition coefficient (Wildman–Crippen LogP) is 3.72. The van der Waals surface area contributed by atoms with Gasteiger partial charge in [0.05, 0.1) is 0 Å². The summed E-state index contributed by atoms with van der Waals surface area (Å²) in [4.78, 5) is 16.0. The van der Waals surface area contributed by atoms with Crippen molar-refractivity contribution >= 4 is 22.8 Å². The number of rotatable bonds is 3. The van der Waals surface area contributed by atoms with Crippen LogP contribution in [-0.4, -0.2) is 10.8 Å². The second-order valence-electron chi connectivity index (χ2n) is 4.13. The first kappa shape index (κ1) is 11.4. The van der Waals surface area contributed by atoms with E-state index in [-0.39, 0.29) is 5.78 Å². The Labute approximate surface area is 110 Å². The third-order valence-corrected chi connectivity index (χ3v) is 2.78. The van der Waals surface area contributed by atoms with E-state index in [1.807, 2.05) is 36.4 Å². The molecule has 0 amide bonds. The fourth-order valence-electron chi connectivity index (χ4n) is 1.83. The van der Waals surface area contributed by atoms with E-state index in [4.69, 9.17) is 4.42 Å². The van der Waals surface area contributed by atoms with Gasteiger partial charge in [-0.2, -0.15) is 0 Å². The van der Waals surface area contributed by atoms with Crippen LogP contribution in [0.3, 0.4) is 0 Å². The van der Waals surface area contributed by atoms with Crippen LogP contribution in [0.1, 0.15) is 16.1 Å². The van der Waals surface area contributed by atoms with Crippen LogP contribution < -0.4 is 0 Å². The van der Waals surface area contributed by atoms with Gasteiger partial charge in [-0.25, -0.2) is 0 Å². The summed E-state index contributed by atoms with van der Waals surface area (Å²) in [6.07, 6.45) is 6.61. The number of carbonyl (C=O) groups is 1. The lowest BCUT2D eigenvalue weighted by Crippen LogP contribution is -1.90. The molecule has 1 aromatic carbocycles. The summed E-state index contributed by atoms with van der Waals surface area (Å²) in [6.45, 7) is 0. The van der Waals surface area contributed by atoms with E-state index >= 15 is 0 Å². The standard InChI is InChI=1S/C16H11NO2/c18-14(8-7-12-4-3-9-17-11-12)16-10-13-5-1-2-6-15(13)19-16/h1-11H/b8-7+. The zero-order chi connectivity index (χ0) is 13.1. The van der Waals surface area contributed by atoms with Gasteiger partial charge in [-0.1, -0.05) is 24.3 Å². The van der Waals surface area contributed by atoms with Gasteiger partial charge in [0.15, 0.2) is 5.76 Å². The maximum atomic E-state index is 12.0. The molecule has 3 aromatic rings. The Morgan fingerprint density at radius 2 is 2.05 bits per heavy atom. The van der Waals surface area contributed by atoms with Crippen LogP contribution in [-0.2, 0) is 0 Å². The molecule has 3 heteroatoms. The maximum Gasteiger partial charge on any atom is 0.221 e. The molecule has 0 unspecified atom stereocenters. The monoisotopic (exact) mass is 249 g/mol. The molecule has 3 rings (SSSR count). The topological polar surface area (TPSA) is 43.1 Å². The number of carbonyl (C=O) groups excluding carboxylic acids is 1. The number of ketones is 1. The number of fused-ring (bicyclic) bond motifs is 1. The molecule has 0 atom stereocenters.